The molecule has 2 aromatic heterocycles. The fourth-order valence-corrected chi connectivity index (χ4v) is 1.97. The topological polar surface area (TPSA) is 59.8 Å². The van der Waals surface area contributed by atoms with Crippen LogP contribution in [0.2, 0.25) is 5.02 Å². The third-order valence-electron chi connectivity index (χ3n) is 2.88. The molecule has 20 heavy (non-hydrogen) atoms. The van der Waals surface area contributed by atoms with Gasteiger partial charge in [-0.2, -0.15) is 5.10 Å². The summed E-state index contributed by atoms with van der Waals surface area (Å²) in [6.45, 7) is 5.04. The molecule has 1 N–H and O–H groups in total. The van der Waals surface area contributed by atoms with Crippen molar-refractivity contribution in [2.45, 2.75) is 33.4 Å². The predicted octanol–water partition coefficient (Wildman–Crippen LogP) is 2.62. The van der Waals surface area contributed by atoms with Gasteiger partial charge in [0.05, 0.1) is 11.9 Å². The highest BCUT2D eigenvalue weighted by molar-refractivity contribution is 6.32. The van der Waals surface area contributed by atoms with E-state index in [-0.39, 0.29) is 10.6 Å². The van der Waals surface area contributed by atoms with Gasteiger partial charge in [0.2, 0.25) is 0 Å². The minimum Gasteiger partial charge on any atom is -0.378 e. The van der Waals surface area contributed by atoms with Gasteiger partial charge >= 0.3 is 0 Å². The quantitative estimate of drug-likeness (QED) is 0.920. The Morgan fingerprint density at radius 3 is 2.80 bits per heavy atom. The van der Waals surface area contributed by atoms with Crippen molar-refractivity contribution in [2.24, 2.45) is 0 Å². The molecule has 0 aliphatic rings. The highest BCUT2D eigenvalue weighted by atomic mass is 35.5. The highest BCUT2D eigenvalue weighted by Crippen LogP contribution is 2.16. The van der Waals surface area contributed by atoms with Gasteiger partial charge < -0.3 is 5.32 Å². The van der Waals surface area contributed by atoms with Crippen molar-refractivity contribution in [1.82, 2.24) is 14.8 Å². The summed E-state index contributed by atoms with van der Waals surface area (Å²) in [5, 5.41) is 7.38. The van der Waals surface area contributed by atoms with Gasteiger partial charge in [0.15, 0.2) is 0 Å². The average molecular weight is 293 g/mol. The highest BCUT2D eigenvalue weighted by Gasteiger charge is 2.08. The van der Waals surface area contributed by atoms with Crippen molar-refractivity contribution in [3.63, 3.8) is 0 Å². The molecular weight excluding hydrogens is 276 g/mol. The summed E-state index contributed by atoms with van der Waals surface area (Å²) in [6.07, 6.45) is 4.22. The number of rotatable bonds is 5. The molecule has 0 atom stereocenters. The zero-order valence-corrected chi connectivity index (χ0v) is 12.3. The number of halogens is 1. The molecule has 0 fully saturated rings. The largest absolute Gasteiger partial charge is 0.378 e. The van der Waals surface area contributed by atoms with Crippen molar-refractivity contribution >= 4 is 17.3 Å². The van der Waals surface area contributed by atoms with Crippen LogP contribution in [-0.4, -0.2) is 14.8 Å². The Labute approximate surface area is 122 Å². The lowest BCUT2D eigenvalue weighted by atomic mass is 10.2. The second-order valence-corrected chi connectivity index (χ2v) is 4.94. The Morgan fingerprint density at radius 2 is 2.15 bits per heavy atom. The van der Waals surface area contributed by atoms with Crippen molar-refractivity contribution in [3.05, 3.63) is 51.2 Å². The molecule has 5 nitrogen and oxygen atoms in total. The van der Waals surface area contributed by atoms with Crippen LogP contribution in [0, 0.1) is 6.92 Å². The molecule has 106 valence electrons. The first-order valence-electron chi connectivity index (χ1n) is 6.53. The van der Waals surface area contributed by atoms with Crippen LogP contribution < -0.4 is 10.9 Å². The van der Waals surface area contributed by atoms with Crippen LogP contribution >= 0.6 is 11.6 Å². The number of aryl methyl sites for hydroxylation is 2. The van der Waals surface area contributed by atoms with E-state index in [0.717, 1.165) is 17.7 Å². The van der Waals surface area contributed by atoms with Gasteiger partial charge in [-0.05, 0) is 25.0 Å². The van der Waals surface area contributed by atoms with Crippen molar-refractivity contribution < 1.29 is 0 Å². The van der Waals surface area contributed by atoms with E-state index in [9.17, 15) is 4.79 Å². The molecule has 0 aromatic carbocycles. The van der Waals surface area contributed by atoms with Crippen LogP contribution in [0.4, 0.5) is 5.69 Å². The predicted molar refractivity (Wildman–Crippen MR) is 80.1 cm³/mol. The average Bonchev–Trinajstić information content (AvgIpc) is 2.45. The third kappa shape index (κ3) is 3.36. The lowest BCUT2D eigenvalue weighted by molar-refractivity contribution is 0.568. The second-order valence-electron chi connectivity index (χ2n) is 4.56. The van der Waals surface area contributed by atoms with Gasteiger partial charge in [0.25, 0.3) is 5.56 Å². The van der Waals surface area contributed by atoms with Crippen LogP contribution in [0.25, 0.3) is 0 Å². The van der Waals surface area contributed by atoms with E-state index in [2.05, 4.69) is 15.4 Å². The third-order valence-corrected chi connectivity index (χ3v) is 3.24. The molecule has 0 unspecified atom stereocenters. The maximum Gasteiger partial charge on any atom is 0.287 e. The standard InChI is InChI=1S/C14H17ClN4O/c1-3-6-19-14(20)13(15)12(9-18-19)17-8-11-5-4-10(2)16-7-11/h4-5,7,9,17H,3,6,8H2,1-2H3. The molecule has 0 aliphatic heterocycles. The maximum atomic E-state index is 12.0. The first-order chi connectivity index (χ1) is 9.61. The fourth-order valence-electron chi connectivity index (χ4n) is 1.76. The summed E-state index contributed by atoms with van der Waals surface area (Å²) in [5.41, 5.74) is 2.27. The van der Waals surface area contributed by atoms with Crippen LogP contribution in [0.1, 0.15) is 24.6 Å². The number of nitrogens with zero attached hydrogens (tertiary/aromatic N) is 3. The van der Waals surface area contributed by atoms with E-state index < -0.39 is 0 Å². The van der Waals surface area contributed by atoms with Crippen molar-refractivity contribution in [2.75, 3.05) is 5.32 Å². The van der Waals surface area contributed by atoms with Gasteiger partial charge in [0, 0.05) is 25.0 Å². The monoisotopic (exact) mass is 292 g/mol. The molecule has 2 heterocycles. The number of nitrogens with one attached hydrogen (secondary N) is 1. The summed E-state index contributed by atoms with van der Waals surface area (Å²) in [5.74, 6) is 0. The minimum absolute atomic E-state index is 0.175. The maximum absolute atomic E-state index is 12.0. The Morgan fingerprint density at radius 1 is 1.35 bits per heavy atom. The van der Waals surface area contributed by atoms with Crippen LogP contribution in [0.15, 0.2) is 29.3 Å². The number of hydrogen-bond acceptors (Lipinski definition) is 4. The Kier molecular flexibility index (Phi) is 4.74. The van der Waals surface area contributed by atoms with Gasteiger partial charge in [-0.15, -0.1) is 0 Å². The number of pyridine rings is 1. The molecule has 2 rings (SSSR count). The van der Waals surface area contributed by atoms with Gasteiger partial charge in [-0.3, -0.25) is 9.78 Å². The molecule has 6 heteroatoms. The Balaban J connectivity index is 2.12. The summed E-state index contributed by atoms with van der Waals surface area (Å²) in [7, 11) is 0. The minimum atomic E-state index is -0.263. The summed E-state index contributed by atoms with van der Waals surface area (Å²) in [6, 6.07) is 3.92. The lowest BCUT2D eigenvalue weighted by Crippen LogP contribution is -2.24. The number of anilines is 1. The van der Waals surface area contributed by atoms with Crippen molar-refractivity contribution in [3.8, 4) is 0 Å². The normalized spacial score (nSPS) is 10.6. The van der Waals surface area contributed by atoms with E-state index in [4.69, 9.17) is 11.6 Å². The smallest absolute Gasteiger partial charge is 0.287 e. The van der Waals surface area contributed by atoms with Gasteiger partial charge in [-0.25, -0.2) is 4.68 Å². The van der Waals surface area contributed by atoms with E-state index in [1.807, 2.05) is 26.0 Å². The molecule has 0 saturated heterocycles. The fraction of sp³-hybridized carbons (Fsp3) is 0.357. The summed E-state index contributed by atoms with van der Waals surface area (Å²) >= 11 is 6.07. The van der Waals surface area contributed by atoms with E-state index >= 15 is 0 Å². The molecule has 0 saturated carbocycles. The van der Waals surface area contributed by atoms with Crippen LogP contribution in [-0.2, 0) is 13.1 Å². The molecule has 2 aromatic rings. The zero-order chi connectivity index (χ0) is 14.5. The SMILES string of the molecule is CCCn1ncc(NCc2ccc(C)nc2)c(Cl)c1=O. The van der Waals surface area contributed by atoms with Crippen molar-refractivity contribution in [1.29, 1.82) is 0 Å². The van der Waals surface area contributed by atoms with E-state index in [1.165, 1.54) is 4.68 Å². The lowest BCUT2D eigenvalue weighted by Gasteiger charge is -2.09. The van der Waals surface area contributed by atoms with Crippen LogP contribution in [0.5, 0.6) is 0 Å². The van der Waals surface area contributed by atoms with Gasteiger partial charge in [-0.1, -0.05) is 24.6 Å². The molecule has 0 radical (unpaired) electrons. The molecule has 0 bridgehead atoms. The summed E-state index contributed by atoms with van der Waals surface area (Å²) < 4.78 is 1.38. The van der Waals surface area contributed by atoms with E-state index in [0.29, 0.717) is 18.8 Å². The Bertz CT molecular complexity index is 637. The molecule has 0 amide bonds. The second kappa shape index (κ2) is 6.52. The zero-order valence-electron chi connectivity index (χ0n) is 11.6. The first-order valence-corrected chi connectivity index (χ1v) is 6.90. The molecular formula is C14H17ClN4O. The summed E-state index contributed by atoms with van der Waals surface area (Å²) in [4.78, 5) is 16.2. The molecule has 0 spiro atoms. The first kappa shape index (κ1) is 14.5. The number of hydrogen-bond donors (Lipinski definition) is 1. The van der Waals surface area contributed by atoms with Gasteiger partial charge in [0.1, 0.15) is 5.02 Å². The number of aromatic nitrogens is 3. The van der Waals surface area contributed by atoms with E-state index in [1.54, 1.807) is 12.4 Å². The molecule has 0 aliphatic carbocycles. The Hall–Kier alpha value is -1.88. The van der Waals surface area contributed by atoms with Crippen LogP contribution in [0.3, 0.4) is 0 Å².